The predicted molar refractivity (Wildman–Crippen MR) is 78.0 cm³/mol. The summed E-state index contributed by atoms with van der Waals surface area (Å²) in [5.41, 5.74) is 7.96. The van der Waals surface area contributed by atoms with Gasteiger partial charge in [0, 0.05) is 17.0 Å². The van der Waals surface area contributed by atoms with Gasteiger partial charge in [-0.2, -0.15) is 0 Å². The molecule has 0 aromatic heterocycles. The zero-order valence-electron chi connectivity index (χ0n) is 10.8. The lowest BCUT2D eigenvalue weighted by Crippen LogP contribution is -2.19. The standard InChI is InChI=1S/C16H17ClFN/c1-11(19)9-16(12-5-7-14(17)8-6-12)13-3-2-4-15(18)10-13/h2-8,10-11,16H,9,19H2,1H3. The van der Waals surface area contributed by atoms with Gasteiger partial charge >= 0.3 is 0 Å². The molecule has 2 atom stereocenters. The van der Waals surface area contributed by atoms with Crippen molar-refractivity contribution in [2.75, 3.05) is 0 Å². The molecule has 3 heteroatoms. The van der Waals surface area contributed by atoms with Crippen LogP contribution < -0.4 is 5.73 Å². The molecule has 0 spiro atoms. The molecule has 2 N–H and O–H groups in total. The second kappa shape index (κ2) is 6.18. The third-order valence-electron chi connectivity index (χ3n) is 3.13. The first kappa shape index (κ1) is 14.0. The number of halogens is 2. The molecule has 0 bridgehead atoms. The van der Waals surface area contributed by atoms with Gasteiger partial charge in [0.15, 0.2) is 0 Å². The van der Waals surface area contributed by atoms with Gasteiger partial charge in [-0.15, -0.1) is 0 Å². The van der Waals surface area contributed by atoms with Crippen LogP contribution in [0.3, 0.4) is 0 Å². The number of hydrogen-bond acceptors (Lipinski definition) is 1. The zero-order valence-corrected chi connectivity index (χ0v) is 11.6. The van der Waals surface area contributed by atoms with Crippen molar-refractivity contribution in [2.24, 2.45) is 5.73 Å². The van der Waals surface area contributed by atoms with E-state index >= 15 is 0 Å². The predicted octanol–water partition coefficient (Wildman–Crippen LogP) is 4.35. The molecule has 0 aliphatic heterocycles. The molecular formula is C16H17ClFN. The summed E-state index contributed by atoms with van der Waals surface area (Å²) in [5, 5.41) is 0.697. The summed E-state index contributed by atoms with van der Waals surface area (Å²) in [6.45, 7) is 1.96. The second-order valence-electron chi connectivity index (χ2n) is 4.87. The quantitative estimate of drug-likeness (QED) is 0.883. The maximum Gasteiger partial charge on any atom is 0.123 e. The van der Waals surface area contributed by atoms with Crippen LogP contribution in [-0.2, 0) is 0 Å². The van der Waals surface area contributed by atoms with Gasteiger partial charge < -0.3 is 5.73 Å². The van der Waals surface area contributed by atoms with E-state index in [1.807, 2.05) is 37.3 Å². The van der Waals surface area contributed by atoms with E-state index in [-0.39, 0.29) is 17.8 Å². The molecule has 19 heavy (non-hydrogen) atoms. The number of hydrogen-bond donors (Lipinski definition) is 1. The molecule has 2 aromatic carbocycles. The summed E-state index contributed by atoms with van der Waals surface area (Å²) in [5.74, 6) is -0.130. The highest BCUT2D eigenvalue weighted by Crippen LogP contribution is 2.30. The van der Waals surface area contributed by atoms with Crippen LogP contribution in [0.4, 0.5) is 4.39 Å². The Kier molecular flexibility index (Phi) is 4.56. The molecule has 100 valence electrons. The normalized spacial score (nSPS) is 14.1. The minimum absolute atomic E-state index is 0.0453. The van der Waals surface area contributed by atoms with Gasteiger partial charge in [-0.1, -0.05) is 35.9 Å². The molecule has 0 amide bonds. The van der Waals surface area contributed by atoms with Gasteiger partial charge in [0.05, 0.1) is 0 Å². The second-order valence-corrected chi connectivity index (χ2v) is 5.31. The lowest BCUT2D eigenvalue weighted by Gasteiger charge is -2.20. The molecular weight excluding hydrogens is 261 g/mol. The maximum atomic E-state index is 13.4. The van der Waals surface area contributed by atoms with Crippen LogP contribution in [0.1, 0.15) is 30.4 Å². The molecule has 1 nitrogen and oxygen atoms in total. The van der Waals surface area contributed by atoms with Crippen molar-refractivity contribution < 1.29 is 4.39 Å². The first-order valence-corrected chi connectivity index (χ1v) is 6.70. The zero-order chi connectivity index (χ0) is 13.8. The first-order valence-electron chi connectivity index (χ1n) is 6.33. The van der Waals surface area contributed by atoms with Crippen LogP contribution in [0.2, 0.25) is 5.02 Å². The van der Waals surface area contributed by atoms with Crippen molar-refractivity contribution in [3.63, 3.8) is 0 Å². The average Bonchev–Trinajstić information content (AvgIpc) is 2.37. The van der Waals surface area contributed by atoms with E-state index in [4.69, 9.17) is 17.3 Å². The Bertz CT molecular complexity index is 537. The monoisotopic (exact) mass is 277 g/mol. The topological polar surface area (TPSA) is 26.0 Å². The number of rotatable bonds is 4. The molecule has 0 aliphatic carbocycles. The molecule has 0 fully saturated rings. The fraction of sp³-hybridized carbons (Fsp3) is 0.250. The summed E-state index contributed by atoms with van der Waals surface area (Å²) in [7, 11) is 0. The summed E-state index contributed by atoms with van der Waals surface area (Å²) >= 11 is 5.91. The Morgan fingerprint density at radius 1 is 1.11 bits per heavy atom. The van der Waals surface area contributed by atoms with E-state index < -0.39 is 0 Å². The maximum absolute atomic E-state index is 13.4. The minimum Gasteiger partial charge on any atom is -0.328 e. The van der Waals surface area contributed by atoms with E-state index in [1.54, 1.807) is 12.1 Å². The van der Waals surface area contributed by atoms with Gasteiger partial charge in [-0.25, -0.2) is 4.39 Å². The third kappa shape index (κ3) is 3.79. The summed E-state index contributed by atoms with van der Waals surface area (Å²) < 4.78 is 13.4. The molecule has 0 radical (unpaired) electrons. The molecule has 2 unspecified atom stereocenters. The summed E-state index contributed by atoms with van der Waals surface area (Å²) in [4.78, 5) is 0. The summed E-state index contributed by atoms with van der Waals surface area (Å²) in [6.07, 6.45) is 0.769. The summed E-state index contributed by atoms with van der Waals surface area (Å²) in [6, 6.07) is 14.4. The van der Waals surface area contributed by atoms with Crippen LogP contribution in [0.15, 0.2) is 48.5 Å². The SMILES string of the molecule is CC(N)CC(c1ccc(Cl)cc1)c1cccc(F)c1. The van der Waals surface area contributed by atoms with Gasteiger partial charge in [0.1, 0.15) is 5.82 Å². The van der Waals surface area contributed by atoms with Crippen molar-refractivity contribution in [2.45, 2.75) is 25.3 Å². The molecule has 0 saturated heterocycles. The van der Waals surface area contributed by atoms with Crippen molar-refractivity contribution in [3.05, 3.63) is 70.5 Å². The smallest absolute Gasteiger partial charge is 0.123 e. The average molecular weight is 278 g/mol. The molecule has 2 aromatic rings. The Morgan fingerprint density at radius 2 is 1.79 bits per heavy atom. The van der Waals surface area contributed by atoms with Crippen molar-refractivity contribution in [3.8, 4) is 0 Å². The molecule has 0 saturated carbocycles. The highest BCUT2D eigenvalue weighted by Gasteiger charge is 2.16. The molecule has 0 heterocycles. The Morgan fingerprint density at radius 3 is 2.37 bits per heavy atom. The lowest BCUT2D eigenvalue weighted by molar-refractivity contribution is 0.594. The third-order valence-corrected chi connectivity index (χ3v) is 3.38. The fourth-order valence-corrected chi connectivity index (χ4v) is 2.38. The van der Waals surface area contributed by atoms with Crippen LogP contribution in [-0.4, -0.2) is 6.04 Å². The Balaban J connectivity index is 2.38. The Hall–Kier alpha value is -1.38. The minimum atomic E-state index is -0.221. The fourth-order valence-electron chi connectivity index (χ4n) is 2.25. The molecule has 2 rings (SSSR count). The number of nitrogens with two attached hydrogens (primary N) is 1. The van der Waals surface area contributed by atoms with Gasteiger partial charge in [-0.3, -0.25) is 0 Å². The van der Waals surface area contributed by atoms with Gasteiger partial charge in [0.25, 0.3) is 0 Å². The largest absolute Gasteiger partial charge is 0.328 e. The van der Waals surface area contributed by atoms with Crippen molar-refractivity contribution >= 4 is 11.6 Å². The van der Waals surface area contributed by atoms with Gasteiger partial charge in [-0.05, 0) is 48.7 Å². The Labute approximate surface area is 118 Å². The number of benzene rings is 2. The van der Waals surface area contributed by atoms with E-state index in [0.717, 1.165) is 17.5 Å². The van der Waals surface area contributed by atoms with E-state index in [2.05, 4.69) is 0 Å². The highest BCUT2D eigenvalue weighted by molar-refractivity contribution is 6.30. The van der Waals surface area contributed by atoms with E-state index in [1.165, 1.54) is 6.07 Å². The lowest BCUT2D eigenvalue weighted by atomic mass is 9.86. The highest BCUT2D eigenvalue weighted by atomic mass is 35.5. The van der Waals surface area contributed by atoms with E-state index in [0.29, 0.717) is 5.02 Å². The van der Waals surface area contributed by atoms with Gasteiger partial charge in [0.2, 0.25) is 0 Å². The van der Waals surface area contributed by atoms with Crippen LogP contribution in [0, 0.1) is 5.82 Å². The molecule has 0 aliphatic rings. The van der Waals surface area contributed by atoms with Crippen LogP contribution in [0.5, 0.6) is 0 Å². The van der Waals surface area contributed by atoms with Crippen LogP contribution >= 0.6 is 11.6 Å². The van der Waals surface area contributed by atoms with Crippen molar-refractivity contribution in [1.29, 1.82) is 0 Å². The van der Waals surface area contributed by atoms with Crippen molar-refractivity contribution in [1.82, 2.24) is 0 Å². The van der Waals surface area contributed by atoms with Crippen LogP contribution in [0.25, 0.3) is 0 Å². The van der Waals surface area contributed by atoms with E-state index in [9.17, 15) is 4.39 Å². The first-order chi connectivity index (χ1) is 9.06.